The van der Waals surface area contributed by atoms with Crippen molar-refractivity contribution in [3.05, 3.63) is 35.4 Å². The van der Waals surface area contributed by atoms with Crippen LogP contribution in [0.1, 0.15) is 18.9 Å². The highest BCUT2D eigenvalue weighted by atomic mass is 35.5. The molecule has 0 radical (unpaired) electrons. The SMILES string of the molecule is CCC(=Cc1ccccc1OC)CCl. The van der Waals surface area contributed by atoms with Gasteiger partial charge in [-0.25, -0.2) is 0 Å². The average Bonchev–Trinajstić information content (AvgIpc) is 2.26. The van der Waals surface area contributed by atoms with Crippen molar-refractivity contribution in [2.75, 3.05) is 13.0 Å². The second-order valence-electron chi connectivity index (χ2n) is 3.03. The van der Waals surface area contributed by atoms with Crippen LogP contribution in [0.5, 0.6) is 5.75 Å². The fourth-order valence-electron chi connectivity index (χ4n) is 1.24. The van der Waals surface area contributed by atoms with Crippen molar-refractivity contribution in [2.45, 2.75) is 13.3 Å². The van der Waals surface area contributed by atoms with Crippen LogP contribution in [0.3, 0.4) is 0 Å². The summed E-state index contributed by atoms with van der Waals surface area (Å²) in [5.41, 5.74) is 2.31. The van der Waals surface area contributed by atoms with Crippen molar-refractivity contribution in [3.63, 3.8) is 0 Å². The number of hydrogen-bond donors (Lipinski definition) is 0. The van der Waals surface area contributed by atoms with Crippen LogP contribution in [0, 0.1) is 0 Å². The number of alkyl halides is 1. The molecule has 14 heavy (non-hydrogen) atoms. The summed E-state index contributed by atoms with van der Waals surface area (Å²) in [6.07, 6.45) is 3.06. The molecule has 1 rings (SSSR count). The number of para-hydroxylation sites is 1. The highest BCUT2D eigenvalue weighted by molar-refractivity contribution is 6.19. The molecule has 0 unspecified atom stereocenters. The van der Waals surface area contributed by atoms with Crippen molar-refractivity contribution >= 4 is 17.7 Å². The van der Waals surface area contributed by atoms with Crippen LogP contribution in [0.2, 0.25) is 0 Å². The summed E-state index contributed by atoms with van der Waals surface area (Å²) in [7, 11) is 1.68. The van der Waals surface area contributed by atoms with Gasteiger partial charge in [0.2, 0.25) is 0 Å². The number of ether oxygens (including phenoxy) is 1. The molecule has 76 valence electrons. The van der Waals surface area contributed by atoms with E-state index < -0.39 is 0 Å². The topological polar surface area (TPSA) is 9.23 Å². The predicted molar refractivity (Wildman–Crippen MR) is 62.0 cm³/mol. The van der Waals surface area contributed by atoms with Crippen LogP contribution in [-0.4, -0.2) is 13.0 Å². The lowest BCUT2D eigenvalue weighted by molar-refractivity contribution is 0.414. The molecule has 1 aromatic rings. The highest BCUT2D eigenvalue weighted by Crippen LogP contribution is 2.21. The minimum atomic E-state index is 0.578. The van der Waals surface area contributed by atoms with Gasteiger partial charge in [0.1, 0.15) is 5.75 Å². The molecule has 0 aromatic heterocycles. The quantitative estimate of drug-likeness (QED) is 0.689. The van der Waals surface area contributed by atoms with Gasteiger partial charge in [-0.2, -0.15) is 0 Å². The number of rotatable bonds is 4. The Labute approximate surface area is 90.3 Å². The van der Waals surface area contributed by atoms with E-state index in [2.05, 4.69) is 13.0 Å². The summed E-state index contributed by atoms with van der Waals surface area (Å²) in [5, 5.41) is 0. The van der Waals surface area contributed by atoms with Gasteiger partial charge in [-0.05, 0) is 12.5 Å². The molecule has 0 bridgehead atoms. The van der Waals surface area contributed by atoms with Crippen LogP contribution in [0.15, 0.2) is 29.8 Å². The molecule has 1 aromatic carbocycles. The first-order valence-electron chi connectivity index (χ1n) is 4.70. The molecule has 1 nitrogen and oxygen atoms in total. The maximum absolute atomic E-state index is 5.80. The lowest BCUT2D eigenvalue weighted by Crippen LogP contribution is -1.88. The monoisotopic (exact) mass is 210 g/mol. The van der Waals surface area contributed by atoms with E-state index in [1.807, 2.05) is 24.3 Å². The van der Waals surface area contributed by atoms with E-state index >= 15 is 0 Å². The summed E-state index contributed by atoms with van der Waals surface area (Å²) >= 11 is 5.80. The third kappa shape index (κ3) is 2.78. The lowest BCUT2D eigenvalue weighted by Gasteiger charge is -2.05. The minimum absolute atomic E-state index is 0.578. The van der Waals surface area contributed by atoms with Crippen LogP contribution in [0.4, 0.5) is 0 Å². The number of benzene rings is 1. The van der Waals surface area contributed by atoms with E-state index in [-0.39, 0.29) is 0 Å². The maximum Gasteiger partial charge on any atom is 0.126 e. The second kappa shape index (κ2) is 5.71. The Kier molecular flexibility index (Phi) is 4.54. The molecular weight excluding hydrogens is 196 g/mol. The number of hydrogen-bond acceptors (Lipinski definition) is 1. The Morgan fingerprint density at radius 3 is 2.71 bits per heavy atom. The maximum atomic E-state index is 5.80. The van der Waals surface area contributed by atoms with Gasteiger partial charge >= 0.3 is 0 Å². The lowest BCUT2D eigenvalue weighted by atomic mass is 10.1. The normalized spacial score (nSPS) is 11.5. The Morgan fingerprint density at radius 2 is 2.14 bits per heavy atom. The van der Waals surface area contributed by atoms with Crippen molar-refractivity contribution in [2.24, 2.45) is 0 Å². The third-order valence-electron chi connectivity index (χ3n) is 2.12. The summed E-state index contributed by atoms with van der Waals surface area (Å²) in [4.78, 5) is 0. The van der Waals surface area contributed by atoms with Crippen LogP contribution >= 0.6 is 11.6 Å². The van der Waals surface area contributed by atoms with Gasteiger partial charge in [0.15, 0.2) is 0 Å². The summed E-state index contributed by atoms with van der Waals surface area (Å²) in [6.45, 7) is 2.10. The fraction of sp³-hybridized carbons (Fsp3) is 0.333. The zero-order chi connectivity index (χ0) is 10.4. The molecule has 0 aliphatic carbocycles. The number of halogens is 1. The highest BCUT2D eigenvalue weighted by Gasteiger charge is 1.99. The molecule has 0 atom stereocenters. The van der Waals surface area contributed by atoms with Crippen LogP contribution in [0.25, 0.3) is 6.08 Å². The molecule has 0 saturated carbocycles. The minimum Gasteiger partial charge on any atom is -0.496 e. The van der Waals surface area contributed by atoms with Crippen molar-refractivity contribution in [1.29, 1.82) is 0 Å². The largest absolute Gasteiger partial charge is 0.496 e. The van der Waals surface area contributed by atoms with Crippen LogP contribution in [-0.2, 0) is 0 Å². The van der Waals surface area contributed by atoms with E-state index in [0.717, 1.165) is 17.7 Å². The van der Waals surface area contributed by atoms with Crippen molar-refractivity contribution < 1.29 is 4.74 Å². The van der Waals surface area contributed by atoms with Crippen molar-refractivity contribution in [3.8, 4) is 5.75 Å². The Morgan fingerprint density at radius 1 is 1.43 bits per heavy atom. The van der Waals surface area contributed by atoms with E-state index in [1.165, 1.54) is 5.57 Å². The van der Waals surface area contributed by atoms with Crippen molar-refractivity contribution in [1.82, 2.24) is 0 Å². The number of methoxy groups -OCH3 is 1. The van der Waals surface area contributed by atoms with E-state index in [0.29, 0.717) is 5.88 Å². The van der Waals surface area contributed by atoms with Gasteiger partial charge in [0.05, 0.1) is 7.11 Å². The Bertz CT molecular complexity index is 312. The van der Waals surface area contributed by atoms with Gasteiger partial charge in [0, 0.05) is 11.4 Å². The molecule has 0 aliphatic heterocycles. The molecule has 2 heteroatoms. The smallest absolute Gasteiger partial charge is 0.126 e. The molecule has 0 N–H and O–H groups in total. The standard InChI is InChI=1S/C12H15ClO/c1-3-10(9-13)8-11-6-4-5-7-12(11)14-2/h4-8H,3,9H2,1-2H3. The van der Waals surface area contributed by atoms with E-state index in [9.17, 15) is 0 Å². The van der Waals surface area contributed by atoms with Gasteiger partial charge < -0.3 is 4.74 Å². The summed E-state index contributed by atoms with van der Waals surface area (Å²) in [6, 6.07) is 7.94. The molecule has 0 heterocycles. The third-order valence-corrected chi connectivity index (χ3v) is 2.47. The second-order valence-corrected chi connectivity index (χ2v) is 3.30. The van der Waals surface area contributed by atoms with Gasteiger partial charge in [-0.15, -0.1) is 11.6 Å². The van der Waals surface area contributed by atoms with E-state index in [4.69, 9.17) is 16.3 Å². The first kappa shape index (κ1) is 11.1. The summed E-state index contributed by atoms with van der Waals surface area (Å²) < 4.78 is 5.25. The van der Waals surface area contributed by atoms with Gasteiger partial charge in [0.25, 0.3) is 0 Å². The zero-order valence-electron chi connectivity index (χ0n) is 8.59. The molecule has 0 amide bonds. The van der Waals surface area contributed by atoms with Gasteiger partial charge in [-0.1, -0.05) is 36.8 Å². The molecule has 0 aliphatic rings. The predicted octanol–water partition coefficient (Wildman–Crippen LogP) is 3.73. The molecular formula is C12H15ClO. The first-order valence-corrected chi connectivity index (χ1v) is 5.23. The summed E-state index contributed by atoms with van der Waals surface area (Å²) in [5.74, 6) is 1.47. The molecule has 0 spiro atoms. The fourth-order valence-corrected chi connectivity index (χ4v) is 1.51. The average molecular weight is 211 g/mol. The van der Waals surface area contributed by atoms with Crippen LogP contribution < -0.4 is 4.74 Å². The molecule has 0 fully saturated rings. The van der Waals surface area contributed by atoms with E-state index in [1.54, 1.807) is 7.11 Å². The first-order chi connectivity index (χ1) is 6.81. The van der Waals surface area contributed by atoms with Gasteiger partial charge in [-0.3, -0.25) is 0 Å². The Balaban J connectivity index is 3.00. The Hall–Kier alpha value is -0.950. The zero-order valence-corrected chi connectivity index (χ0v) is 9.34. The number of allylic oxidation sites excluding steroid dienone is 1. The molecule has 0 saturated heterocycles.